The Morgan fingerprint density at radius 1 is 1.44 bits per heavy atom. The average molecular weight is 219 g/mol. The van der Waals surface area contributed by atoms with E-state index in [-0.39, 0.29) is 6.04 Å². The largest absolute Gasteiger partial charge is 0.507 e. The number of nitrogens with two attached hydrogens (primary N) is 1. The molecule has 1 aliphatic rings. The van der Waals surface area contributed by atoms with Gasteiger partial charge in [-0.25, -0.2) is 0 Å². The number of aldehydes is 1. The van der Waals surface area contributed by atoms with Crippen molar-refractivity contribution >= 4 is 6.29 Å². The lowest BCUT2D eigenvalue weighted by atomic mass is 10.0. The summed E-state index contributed by atoms with van der Waals surface area (Å²) >= 11 is 0. The molecule has 0 fully saturated rings. The van der Waals surface area contributed by atoms with Crippen molar-refractivity contribution in [1.29, 1.82) is 0 Å². The van der Waals surface area contributed by atoms with Gasteiger partial charge in [-0.2, -0.15) is 0 Å². The Morgan fingerprint density at radius 3 is 3.00 bits per heavy atom. The van der Waals surface area contributed by atoms with Gasteiger partial charge >= 0.3 is 0 Å². The van der Waals surface area contributed by atoms with Crippen molar-refractivity contribution in [2.45, 2.75) is 38.1 Å². The summed E-state index contributed by atoms with van der Waals surface area (Å²) in [5.41, 5.74) is 8.99. The van der Waals surface area contributed by atoms with E-state index in [0.29, 0.717) is 12.2 Å². The molecule has 1 atom stereocenters. The number of hydrogen-bond donors (Lipinski definition) is 2. The Hall–Kier alpha value is -1.35. The first-order chi connectivity index (χ1) is 7.72. The highest BCUT2D eigenvalue weighted by molar-refractivity contribution is 5.51. The molecule has 3 heteroatoms. The lowest BCUT2D eigenvalue weighted by molar-refractivity contribution is -0.107. The zero-order valence-corrected chi connectivity index (χ0v) is 9.28. The van der Waals surface area contributed by atoms with Crippen molar-refractivity contribution in [2.75, 3.05) is 0 Å². The molecule has 0 aliphatic heterocycles. The molecule has 1 aromatic rings. The van der Waals surface area contributed by atoms with Crippen molar-refractivity contribution in [3.05, 3.63) is 28.8 Å². The zero-order chi connectivity index (χ0) is 11.5. The number of carbonyl (C=O) groups is 1. The Bertz CT molecular complexity index is 401. The van der Waals surface area contributed by atoms with Crippen molar-refractivity contribution in [1.82, 2.24) is 0 Å². The maximum atomic E-state index is 10.2. The Kier molecular flexibility index (Phi) is 3.25. The fraction of sp³-hybridized carbons (Fsp3) is 0.462. The first kappa shape index (κ1) is 11.1. The molecule has 0 saturated heterocycles. The van der Waals surface area contributed by atoms with E-state index in [2.05, 4.69) is 6.07 Å². The van der Waals surface area contributed by atoms with E-state index in [1.54, 1.807) is 0 Å². The molecule has 16 heavy (non-hydrogen) atoms. The van der Waals surface area contributed by atoms with E-state index in [0.717, 1.165) is 43.1 Å². The molecule has 3 N–H and O–H groups in total. The van der Waals surface area contributed by atoms with Crippen molar-refractivity contribution in [3.63, 3.8) is 0 Å². The van der Waals surface area contributed by atoms with Gasteiger partial charge in [-0.1, -0.05) is 12.1 Å². The number of phenolic OH excluding ortho intramolecular Hbond substituents is 1. The maximum Gasteiger partial charge on any atom is 0.122 e. The van der Waals surface area contributed by atoms with Gasteiger partial charge in [-0.3, -0.25) is 0 Å². The molecule has 2 rings (SSSR count). The summed E-state index contributed by atoms with van der Waals surface area (Å²) in [6.07, 6.45) is 4.64. The van der Waals surface area contributed by atoms with Crippen LogP contribution < -0.4 is 5.73 Å². The van der Waals surface area contributed by atoms with Crippen molar-refractivity contribution in [3.8, 4) is 5.75 Å². The Labute approximate surface area is 95.3 Å². The maximum absolute atomic E-state index is 10.2. The minimum Gasteiger partial charge on any atom is -0.507 e. The second kappa shape index (κ2) is 4.66. The van der Waals surface area contributed by atoms with E-state index in [9.17, 15) is 9.90 Å². The second-order valence-electron chi connectivity index (χ2n) is 4.44. The monoisotopic (exact) mass is 219 g/mol. The predicted octanol–water partition coefficient (Wildman–Crippen LogP) is 1.34. The number of aromatic hydroxyl groups is 1. The highest BCUT2D eigenvalue weighted by Crippen LogP contribution is 2.33. The van der Waals surface area contributed by atoms with Crippen LogP contribution in [0.25, 0.3) is 0 Å². The third-order valence-corrected chi connectivity index (χ3v) is 3.18. The minimum absolute atomic E-state index is 0.145. The van der Waals surface area contributed by atoms with Crippen LogP contribution >= 0.6 is 0 Å². The van der Waals surface area contributed by atoms with Gasteiger partial charge in [0.1, 0.15) is 12.0 Å². The predicted molar refractivity (Wildman–Crippen MR) is 62.5 cm³/mol. The molecular formula is C13H17NO2. The van der Waals surface area contributed by atoms with Crippen LogP contribution in [0.3, 0.4) is 0 Å². The molecule has 0 radical (unpaired) electrons. The SMILES string of the molecule is NC1Cc2ccc(CCCC=O)c(O)c2C1. The number of phenols is 1. The lowest BCUT2D eigenvalue weighted by Crippen LogP contribution is -2.19. The Morgan fingerprint density at radius 2 is 2.25 bits per heavy atom. The number of carbonyl (C=O) groups excluding carboxylic acids is 1. The number of unbranched alkanes of at least 4 members (excludes halogenated alkanes) is 1. The molecule has 1 aliphatic carbocycles. The Balaban J connectivity index is 2.16. The van der Waals surface area contributed by atoms with Gasteiger partial charge in [-0.15, -0.1) is 0 Å². The van der Waals surface area contributed by atoms with Crippen LogP contribution in [-0.4, -0.2) is 17.4 Å². The van der Waals surface area contributed by atoms with Crippen LogP contribution in [0.4, 0.5) is 0 Å². The summed E-state index contributed by atoms with van der Waals surface area (Å²) in [4.78, 5) is 10.2. The van der Waals surface area contributed by atoms with Gasteiger partial charge in [0.2, 0.25) is 0 Å². The number of aryl methyl sites for hydroxylation is 1. The number of hydrogen-bond acceptors (Lipinski definition) is 3. The number of benzene rings is 1. The first-order valence-electron chi connectivity index (χ1n) is 5.74. The highest BCUT2D eigenvalue weighted by atomic mass is 16.3. The molecule has 1 aromatic carbocycles. The average Bonchev–Trinajstić information content (AvgIpc) is 2.64. The number of fused-ring (bicyclic) bond motifs is 1. The number of rotatable bonds is 4. The molecule has 0 saturated carbocycles. The topological polar surface area (TPSA) is 63.3 Å². The van der Waals surface area contributed by atoms with Gasteiger partial charge < -0.3 is 15.6 Å². The summed E-state index contributed by atoms with van der Waals surface area (Å²) in [5, 5.41) is 10.1. The van der Waals surface area contributed by atoms with E-state index >= 15 is 0 Å². The second-order valence-corrected chi connectivity index (χ2v) is 4.44. The quantitative estimate of drug-likeness (QED) is 0.593. The summed E-state index contributed by atoms with van der Waals surface area (Å²) in [6.45, 7) is 0. The molecule has 3 nitrogen and oxygen atoms in total. The van der Waals surface area contributed by atoms with Gasteiger partial charge in [0.05, 0.1) is 0 Å². The third kappa shape index (κ3) is 2.09. The summed E-state index contributed by atoms with van der Waals surface area (Å²) in [5.74, 6) is 0.399. The van der Waals surface area contributed by atoms with Crippen LogP contribution in [0.15, 0.2) is 12.1 Å². The molecule has 0 heterocycles. The van der Waals surface area contributed by atoms with E-state index in [1.807, 2.05) is 6.07 Å². The molecule has 86 valence electrons. The first-order valence-corrected chi connectivity index (χ1v) is 5.74. The standard InChI is InChI=1S/C13H17NO2/c14-11-7-10-5-4-9(3-1-2-6-15)13(16)12(10)8-11/h4-6,11,16H,1-3,7-8,14H2. The van der Waals surface area contributed by atoms with Crippen LogP contribution in [0.5, 0.6) is 5.75 Å². The van der Waals surface area contributed by atoms with Gasteiger partial charge in [0.25, 0.3) is 0 Å². The van der Waals surface area contributed by atoms with Crippen LogP contribution in [0.2, 0.25) is 0 Å². The van der Waals surface area contributed by atoms with Crippen LogP contribution in [0.1, 0.15) is 29.5 Å². The lowest BCUT2D eigenvalue weighted by Gasteiger charge is -2.08. The third-order valence-electron chi connectivity index (χ3n) is 3.18. The molecule has 0 aromatic heterocycles. The molecule has 0 bridgehead atoms. The fourth-order valence-electron chi connectivity index (χ4n) is 2.34. The van der Waals surface area contributed by atoms with E-state index in [4.69, 9.17) is 5.73 Å². The summed E-state index contributed by atoms with van der Waals surface area (Å²) < 4.78 is 0. The van der Waals surface area contributed by atoms with Gasteiger partial charge in [0, 0.05) is 12.5 Å². The summed E-state index contributed by atoms with van der Waals surface area (Å²) in [7, 11) is 0. The van der Waals surface area contributed by atoms with Gasteiger partial charge in [0.15, 0.2) is 0 Å². The fourth-order valence-corrected chi connectivity index (χ4v) is 2.34. The van der Waals surface area contributed by atoms with Gasteiger partial charge in [-0.05, 0) is 42.4 Å². The highest BCUT2D eigenvalue weighted by Gasteiger charge is 2.22. The van der Waals surface area contributed by atoms with Crippen LogP contribution in [0, 0.1) is 0 Å². The van der Waals surface area contributed by atoms with Crippen LogP contribution in [-0.2, 0) is 24.1 Å². The molecule has 0 amide bonds. The molecular weight excluding hydrogens is 202 g/mol. The smallest absolute Gasteiger partial charge is 0.122 e. The van der Waals surface area contributed by atoms with E-state index < -0.39 is 0 Å². The zero-order valence-electron chi connectivity index (χ0n) is 9.28. The van der Waals surface area contributed by atoms with Crippen molar-refractivity contribution < 1.29 is 9.90 Å². The van der Waals surface area contributed by atoms with Crippen molar-refractivity contribution in [2.24, 2.45) is 5.73 Å². The molecule has 1 unspecified atom stereocenters. The van der Waals surface area contributed by atoms with E-state index in [1.165, 1.54) is 5.56 Å². The summed E-state index contributed by atoms with van der Waals surface area (Å²) in [6, 6.07) is 4.15. The molecule has 0 spiro atoms. The normalized spacial score (nSPS) is 18.4. The minimum atomic E-state index is 0.145.